The summed E-state index contributed by atoms with van der Waals surface area (Å²) < 4.78 is 4.21. The van der Waals surface area contributed by atoms with E-state index in [2.05, 4.69) is 0 Å². The minimum atomic E-state index is -1.33. The first-order chi connectivity index (χ1) is 5.57. The minimum Gasteiger partial charge on any atom is -0.394 e. The Kier molecular flexibility index (Phi) is 3.68. The van der Waals surface area contributed by atoms with Crippen molar-refractivity contribution in [2.24, 2.45) is 0 Å². The molecule has 12 heavy (non-hydrogen) atoms. The van der Waals surface area contributed by atoms with Gasteiger partial charge in [0.05, 0.1) is 16.6 Å². The summed E-state index contributed by atoms with van der Waals surface area (Å²) in [5.41, 5.74) is 0. The Labute approximate surface area is 83.1 Å². The Morgan fingerprint density at radius 3 is 2.25 bits per heavy atom. The highest BCUT2D eigenvalue weighted by Gasteiger charge is 2.41. The van der Waals surface area contributed by atoms with Crippen LogP contribution in [0.2, 0.25) is 0 Å². The van der Waals surface area contributed by atoms with E-state index in [0.717, 1.165) is 0 Å². The van der Waals surface area contributed by atoms with Gasteiger partial charge in [0.2, 0.25) is 0 Å². The molecule has 1 rings (SSSR count). The SMILES string of the molecule is OC[C@H]1OC(O)[C@H](O)[C@@H]([123I])[C@H]1O. The number of alkyl halides is 1. The van der Waals surface area contributed by atoms with E-state index in [1.807, 2.05) is 22.6 Å². The molecule has 0 aromatic carbocycles. The number of ether oxygens (including phenoxy) is 1. The predicted molar refractivity (Wildman–Crippen MR) is 47.8 cm³/mol. The second-order valence-corrected chi connectivity index (χ2v) is 4.11. The van der Waals surface area contributed by atoms with Crippen LogP contribution in [0.25, 0.3) is 0 Å². The monoisotopic (exact) mass is 286 g/mol. The fourth-order valence-electron chi connectivity index (χ4n) is 1.06. The fraction of sp³-hybridized carbons (Fsp3) is 1.00. The van der Waals surface area contributed by atoms with Gasteiger partial charge in [-0.05, 0) is 0 Å². The van der Waals surface area contributed by atoms with Gasteiger partial charge in [-0.1, -0.05) is 22.6 Å². The van der Waals surface area contributed by atoms with Gasteiger partial charge in [0.25, 0.3) is 0 Å². The van der Waals surface area contributed by atoms with Crippen molar-refractivity contribution in [2.45, 2.75) is 28.5 Å². The van der Waals surface area contributed by atoms with Gasteiger partial charge in [-0.2, -0.15) is 0 Å². The molecule has 0 saturated carbocycles. The average molecular weight is 286 g/mol. The van der Waals surface area contributed by atoms with E-state index in [1.54, 1.807) is 0 Å². The van der Waals surface area contributed by atoms with Crippen molar-refractivity contribution < 1.29 is 25.2 Å². The zero-order valence-corrected chi connectivity index (χ0v) is 8.33. The molecule has 72 valence electrons. The van der Waals surface area contributed by atoms with Crippen molar-refractivity contribution in [2.75, 3.05) is 6.61 Å². The van der Waals surface area contributed by atoms with E-state index in [0.29, 0.717) is 0 Å². The first-order valence-electron chi connectivity index (χ1n) is 3.52. The van der Waals surface area contributed by atoms with Crippen molar-refractivity contribution in [1.29, 1.82) is 0 Å². The van der Waals surface area contributed by atoms with Crippen molar-refractivity contribution in [1.82, 2.24) is 0 Å². The molecule has 0 aromatic rings. The maximum Gasteiger partial charge on any atom is 0.182 e. The third-order valence-electron chi connectivity index (χ3n) is 1.82. The standard InChI is InChI=1S/C6H11IO5/c7-3-4(9)2(1-8)12-6(11)5(3)10/h2-6,8-11H,1H2/t2-,3+,4+,5-,6?/m1/s1/i7-4. The molecule has 5 atom stereocenters. The van der Waals surface area contributed by atoms with Gasteiger partial charge >= 0.3 is 0 Å². The Hall–Kier alpha value is 0.530. The molecule has 6 heteroatoms. The maximum absolute atomic E-state index is 9.36. The molecule has 1 heterocycles. The van der Waals surface area contributed by atoms with Crippen molar-refractivity contribution in [3.8, 4) is 0 Å². The molecular formula is C6H11IO5. The van der Waals surface area contributed by atoms with Crippen LogP contribution in [0.3, 0.4) is 0 Å². The Morgan fingerprint density at radius 1 is 1.17 bits per heavy atom. The summed E-state index contributed by atoms with van der Waals surface area (Å²) >= 11 is 1.81. The molecule has 0 bridgehead atoms. The number of rotatable bonds is 1. The van der Waals surface area contributed by atoms with E-state index in [-0.39, 0.29) is 6.61 Å². The van der Waals surface area contributed by atoms with E-state index < -0.39 is 28.5 Å². The zero-order chi connectivity index (χ0) is 9.30. The molecule has 1 aliphatic heterocycles. The van der Waals surface area contributed by atoms with Crippen LogP contribution in [0.5, 0.6) is 0 Å². The third-order valence-corrected chi connectivity index (χ3v) is 3.29. The Balaban J connectivity index is 2.63. The Bertz CT molecular complexity index is 150. The molecule has 5 nitrogen and oxygen atoms in total. The number of aliphatic hydroxyl groups is 4. The van der Waals surface area contributed by atoms with Gasteiger partial charge in [0.1, 0.15) is 12.2 Å². The van der Waals surface area contributed by atoms with Crippen LogP contribution in [0.1, 0.15) is 0 Å². The number of hydrogen-bond acceptors (Lipinski definition) is 5. The lowest BCUT2D eigenvalue weighted by Crippen LogP contribution is -2.56. The van der Waals surface area contributed by atoms with Gasteiger partial charge in [-0.3, -0.25) is 0 Å². The third kappa shape index (κ3) is 1.88. The molecule has 1 saturated heterocycles. The van der Waals surface area contributed by atoms with Crippen molar-refractivity contribution in [3.63, 3.8) is 0 Å². The summed E-state index contributed by atoms with van der Waals surface area (Å²) in [6, 6.07) is 0. The largest absolute Gasteiger partial charge is 0.394 e. The maximum atomic E-state index is 9.36. The highest BCUT2D eigenvalue weighted by atomic mass is 123. The van der Waals surface area contributed by atoms with Crippen LogP contribution < -0.4 is 0 Å². The smallest absolute Gasteiger partial charge is 0.182 e. The predicted octanol–water partition coefficient (Wildman–Crippen LogP) is -1.78. The van der Waals surface area contributed by atoms with Crippen LogP contribution in [-0.4, -0.2) is 55.6 Å². The van der Waals surface area contributed by atoms with E-state index >= 15 is 0 Å². The molecule has 0 amide bonds. The number of aliphatic hydroxyl groups excluding tert-OH is 4. The van der Waals surface area contributed by atoms with Crippen LogP contribution in [0, 0.1) is 0 Å². The van der Waals surface area contributed by atoms with Gasteiger partial charge in [0.15, 0.2) is 6.29 Å². The van der Waals surface area contributed by atoms with Crippen LogP contribution in [-0.2, 0) is 4.74 Å². The molecule has 0 aromatic heterocycles. The number of halogens is 1. The zero-order valence-electron chi connectivity index (χ0n) is 6.17. The van der Waals surface area contributed by atoms with E-state index in [1.165, 1.54) is 0 Å². The molecule has 0 aliphatic carbocycles. The second kappa shape index (κ2) is 4.16. The second-order valence-electron chi connectivity index (χ2n) is 2.67. The van der Waals surface area contributed by atoms with Crippen LogP contribution in [0.4, 0.5) is 0 Å². The van der Waals surface area contributed by atoms with Crippen molar-refractivity contribution >= 4 is 22.6 Å². The van der Waals surface area contributed by atoms with Gasteiger partial charge in [-0.25, -0.2) is 0 Å². The van der Waals surface area contributed by atoms with E-state index in [9.17, 15) is 10.2 Å². The lowest BCUT2D eigenvalue weighted by Gasteiger charge is -2.37. The highest BCUT2D eigenvalue weighted by molar-refractivity contribution is 14.1. The van der Waals surface area contributed by atoms with Crippen molar-refractivity contribution in [3.05, 3.63) is 0 Å². The molecular weight excluding hydrogens is 275 g/mol. The highest BCUT2D eigenvalue weighted by Crippen LogP contribution is 2.25. The first-order valence-corrected chi connectivity index (χ1v) is 4.77. The number of hydrogen-bond donors (Lipinski definition) is 4. The summed E-state index contributed by atoms with van der Waals surface area (Å²) in [6.45, 7) is -0.371. The van der Waals surface area contributed by atoms with Gasteiger partial charge in [0, 0.05) is 0 Å². The fourth-order valence-corrected chi connectivity index (χ4v) is 1.87. The normalized spacial score (nSPS) is 49.2. The van der Waals surface area contributed by atoms with Crippen LogP contribution >= 0.6 is 22.6 Å². The molecule has 1 fully saturated rings. The molecule has 0 radical (unpaired) electrons. The van der Waals surface area contributed by atoms with Gasteiger partial charge in [-0.15, -0.1) is 0 Å². The summed E-state index contributed by atoms with van der Waals surface area (Å²) in [4.78, 5) is 0. The summed E-state index contributed by atoms with van der Waals surface area (Å²) in [5, 5.41) is 36.3. The quantitative estimate of drug-likeness (QED) is 0.338. The molecule has 4 N–H and O–H groups in total. The molecule has 1 aliphatic rings. The van der Waals surface area contributed by atoms with Gasteiger partial charge < -0.3 is 25.2 Å². The summed E-state index contributed by atoms with van der Waals surface area (Å²) in [7, 11) is 0. The Morgan fingerprint density at radius 2 is 1.75 bits per heavy atom. The average Bonchev–Trinajstić information content (AvgIpc) is 2.08. The summed E-state index contributed by atoms with van der Waals surface area (Å²) in [5.74, 6) is 0. The molecule has 0 spiro atoms. The molecule has 1 unspecified atom stereocenters. The summed E-state index contributed by atoms with van der Waals surface area (Å²) in [6.07, 6.45) is -4.20. The lowest BCUT2D eigenvalue weighted by atomic mass is 10.0. The minimum absolute atomic E-state index is 0.371. The topological polar surface area (TPSA) is 90.2 Å². The lowest BCUT2D eigenvalue weighted by molar-refractivity contribution is -0.246. The van der Waals surface area contributed by atoms with E-state index in [4.69, 9.17) is 14.9 Å². The van der Waals surface area contributed by atoms with Crippen LogP contribution in [0.15, 0.2) is 0 Å². The first kappa shape index (κ1) is 10.6.